The maximum absolute atomic E-state index is 11.0. The van der Waals surface area contributed by atoms with Crippen LogP contribution >= 0.6 is 11.6 Å². The zero-order valence-corrected chi connectivity index (χ0v) is 7.21. The van der Waals surface area contributed by atoms with Gasteiger partial charge in [0.05, 0.1) is 6.61 Å². The second kappa shape index (κ2) is 6.19. The van der Waals surface area contributed by atoms with Crippen molar-refractivity contribution in [3.63, 3.8) is 0 Å². The molecule has 1 amide bonds. The fourth-order valence-electron chi connectivity index (χ4n) is 0.533. The Balaban J connectivity index is 3.72. The minimum atomic E-state index is -0.139. The highest BCUT2D eigenvalue weighted by Gasteiger charge is 2.01. The average molecular weight is 178 g/mol. The molecule has 0 unspecified atom stereocenters. The first-order valence-electron chi connectivity index (χ1n) is 3.30. The lowest BCUT2D eigenvalue weighted by molar-refractivity contribution is -0.125. The lowest BCUT2D eigenvalue weighted by atomic mass is 10.4. The summed E-state index contributed by atoms with van der Waals surface area (Å²) in [6.07, 6.45) is 2.96. The van der Waals surface area contributed by atoms with Gasteiger partial charge in [0.15, 0.2) is 0 Å². The summed E-state index contributed by atoms with van der Waals surface area (Å²) in [5.41, 5.74) is 0. The van der Waals surface area contributed by atoms with E-state index in [1.54, 1.807) is 13.1 Å². The van der Waals surface area contributed by atoms with Gasteiger partial charge in [-0.3, -0.25) is 4.79 Å². The van der Waals surface area contributed by atoms with Crippen molar-refractivity contribution in [2.24, 2.45) is 0 Å². The molecule has 0 aliphatic carbocycles. The van der Waals surface area contributed by atoms with E-state index in [2.05, 4.69) is 0 Å². The molecule has 0 radical (unpaired) electrons. The van der Waals surface area contributed by atoms with Crippen LogP contribution in [0.2, 0.25) is 0 Å². The van der Waals surface area contributed by atoms with E-state index in [1.165, 1.54) is 11.0 Å². The van der Waals surface area contributed by atoms with E-state index in [0.717, 1.165) is 0 Å². The first-order chi connectivity index (χ1) is 5.22. The molecule has 64 valence electrons. The fourth-order valence-corrected chi connectivity index (χ4v) is 0.622. The topological polar surface area (TPSA) is 40.5 Å². The molecule has 0 saturated heterocycles. The van der Waals surface area contributed by atoms with Crippen LogP contribution < -0.4 is 0 Å². The van der Waals surface area contributed by atoms with Gasteiger partial charge >= 0.3 is 0 Å². The van der Waals surface area contributed by atoms with E-state index in [9.17, 15) is 4.79 Å². The van der Waals surface area contributed by atoms with E-state index >= 15 is 0 Å². The molecule has 0 aromatic carbocycles. The Morgan fingerprint density at radius 1 is 1.73 bits per heavy atom. The summed E-state index contributed by atoms with van der Waals surface area (Å²) in [5.74, 6) is 0.193. The van der Waals surface area contributed by atoms with Gasteiger partial charge in [0.1, 0.15) is 0 Å². The van der Waals surface area contributed by atoms with Crippen LogP contribution in [0, 0.1) is 0 Å². The lowest BCUT2D eigenvalue weighted by Gasteiger charge is -2.12. The van der Waals surface area contributed by atoms with Crippen molar-refractivity contribution in [2.75, 3.05) is 26.1 Å². The molecular formula is C7H12ClNO2. The quantitative estimate of drug-likeness (QED) is 0.494. The van der Waals surface area contributed by atoms with Crippen LogP contribution in [0.25, 0.3) is 0 Å². The molecule has 0 bridgehead atoms. The number of carbonyl (C=O) groups is 1. The highest BCUT2D eigenvalue weighted by molar-refractivity contribution is 6.19. The molecule has 0 aliphatic heterocycles. The molecule has 1 N–H and O–H groups in total. The number of aliphatic hydroxyl groups is 1. The number of allylic oxidation sites excluding steroid dienone is 1. The van der Waals surface area contributed by atoms with Crippen molar-refractivity contribution in [3.8, 4) is 0 Å². The minimum Gasteiger partial charge on any atom is -0.395 e. The SMILES string of the molecule is CN(CCO)C(=O)/C=C/CCl. The molecule has 4 heteroatoms. The predicted octanol–water partition coefficient (Wildman–Crippen LogP) is 0.232. The van der Waals surface area contributed by atoms with Gasteiger partial charge < -0.3 is 10.0 Å². The number of hydrogen-bond donors (Lipinski definition) is 1. The zero-order chi connectivity index (χ0) is 8.69. The Labute approximate surface area is 71.3 Å². The second-order valence-electron chi connectivity index (χ2n) is 2.04. The number of amides is 1. The van der Waals surface area contributed by atoms with E-state index < -0.39 is 0 Å². The Hall–Kier alpha value is -0.540. The monoisotopic (exact) mass is 177 g/mol. The Morgan fingerprint density at radius 3 is 2.82 bits per heavy atom. The Morgan fingerprint density at radius 2 is 2.36 bits per heavy atom. The van der Waals surface area contributed by atoms with Crippen LogP contribution in [-0.2, 0) is 4.79 Å². The standard InChI is InChI=1S/C7H12ClNO2/c1-9(5-6-10)7(11)3-2-4-8/h2-3,10H,4-6H2,1H3/b3-2+. The van der Waals surface area contributed by atoms with Gasteiger partial charge in [0.2, 0.25) is 5.91 Å². The van der Waals surface area contributed by atoms with E-state index in [4.69, 9.17) is 16.7 Å². The molecular weight excluding hydrogens is 166 g/mol. The molecule has 0 aliphatic rings. The van der Waals surface area contributed by atoms with Crippen molar-refractivity contribution in [3.05, 3.63) is 12.2 Å². The third-order valence-corrected chi connectivity index (χ3v) is 1.34. The number of likely N-dealkylation sites (N-methyl/N-ethyl adjacent to an activating group) is 1. The number of carbonyl (C=O) groups excluding carboxylic acids is 1. The van der Waals surface area contributed by atoms with Gasteiger partial charge in [0.25, 0.3) is 0 Å². The van der Waals surface area contributed by atoms with Crippen molar-refractivity contribution in [2.45, 2.75) is 0 Å². The third kappa shape index (κ3) is 4.81. The third-order valence-electron chi connectivity index (χ3n) is 1.16. The first kappa shape index (κ1) is 10.5. The molecule has 0 saturated carbocycles. The highest BCUT2D eigenvalue weighted by Crippen LogP contribution is 1.86. The van der Waals surface area contributed by atoms with E-state index in [-0.39, 0.29) is 12.5 Å². The molecule has 0 fully saturated rings. The summed E-state index contributed by atoms with van der Waals surface area (Å²) in [6.45, 7) is 0.336. The average Bonchev–Trinajstić information content (AvgIpc) is 2.00. The number of aliphatic hydroxyl groups excluding tert-OH is 1. The molecule has 0 atom stereocenters. The Bertz CT molecular complexity index is 147. The zero-order valence-electron chi connectivity index (χ0n) is 6.46. The number of nitrogens with zero attached hydrogens (tertiary/aromatic N) is 1. The number of alkyl halides is 1. The summed E-state index contributed by atoms with van der Waals surface area (Å²) in [7, 11) is 1.62. The highest BCUT2D eigenvalue weighted by atomic mass is 35.5. The van der Waals surface area contributed by atoms with Crippen LogP contribution in [0.15, 0.2) is 12.2 Å². The van der Waals surface area contributed by atoms with Gasteiger partial charge in [-0.15, -0.1) is 11.6 Å². The minimum absolute atomic E-state index is 0.0169. The predicted molar refractivity (Wildman–Crippen MR) is 44.6 cm³/mol. The Kier molecular flexibility index (Phi) is 5.88. The van der Waals surface area contributed by atoms with Crippen LogP contribution in [0.5, 0.6) is 0 Å². The number of hydrogen-bond acceptors (Lipinski definition) is 2. The van der Waals surface area contributed by atoms with Gasteiger partial charge in [-0.05, 0) is 0 Å². The first-order valence-corrected chi connectivity index (χ1v) is 3.84. The normalized spacial score (nSPS) is 10.5. The lowest BCUT2D eigenvalue weighted by Crippen LogP contribution is -2.27. The summed E-state index contributed by atoms with van der Waals surface area (Å²) in [6, 6.07) is 0. The van der Waals surface area contributed by atoms with Gasteiger partial charge in [0, 0.05) is 25.5 Å². The number of halogens is 1. The summed E-state index contributed by atoms with van der Waals surface area (Å²) < 4.78 is 0. The summed E-state index contributed by atoms with van der Waals surface area (Å²) in [5, 5.41) is 8.47. The van der Waals surface area contributed by atoms with Crippen LogP contribution in [0.4, 0.5) is 0 Å². The fraction of sp³-hybridized carbons (Fsp3) is 0.571. The molecule has 0 heterocycles. The smallest absolute Gasteiger partial charge is 0.246 e. The summed E-state index contributed by atoms with van der Waals surface area (Å²) >= 11 is 5.32. The van der Waals surface area contributed by atoms with Crippen molar-refractivity contribution >= 4 is 17.5 Å². The van der Waals surface area contributed by atoms with Crippen LogP contribution in [0.3, 0.4) is 0 Å². The van der Waals surface area contributed by atoms with Crippen LogP contribution in [-0.4, -0.2) is 42.0 Å². The van der Waals surface area contributed by atoms with Crippen molar-refractivity contribution in [1.29, 1.82) is 0 Å². The second-order valence-corrected chi connectivity index (χ2v) is 2.35. The molecule has 0 spiro atoms. The van der Waals surface area contributed by atoms with Crippen molar-refractivity contribution < 1.29 is 9.90 Å². The molecule has 0 aromatic rings. The number of rotatable bonds is 4. The van der Waals surface area contributed by atoms with Gasteiger partial charge in [-0.2, -0.15) is 0 Å². The van der Waals surface area contributed by atoms with Crippen molar-refractivity contribution in [1.82, 2.24) is 4.90 Å². The molecule has 3 nitrogen and oxygen atoms in total. The van der Waals surface area contributed by atoms with Gasteiger partial charge in [-0.25, -0.2) is 0 Å². The van der Waals surface area contributed by atoms with E-state index in [0.29, 0.717) is 12.4 Å². The maximum Gasteiger partial charge on any atom is 0.246 e. The van der Waals surface area contributed by atoms with Gasteiger partial charge in [-0.1, -0.05) is 6.08 Å². The van der Waals surface area contributed by atoms with E-state index in [1.807, 2.05) is 0 Å². The summed E-state index contributed by atoms with van der Waals surface area (Å²) in [4.78, 5) is 12.4. The molecule has 0 rings (SSSR count). The molecule has 11 heavy (non-hydrogen) atoms. The largest absolute Gasteiger partial charge is 0.395 e. The van der Waals surface area contributed by atoms with Crippen LogP contribution in [0.1, 0.15) is 0 Å². The maximum atomic E-state index is 11.0. The molecule has 0 aromatic heterocycles.